The zero-order chi connectivity index (χ0) is 23.8. The van der Waals surface area contributed by atoms with Gasteiger partial charge in [-0.3, -0.25) is 4.79 Å². The molecule has 6 atom stereocenters. The molecule has 0 amide bonds. The van der Waals surface area contributed by atoms with E-state index in [9.17, 15) is 24.3 Å². The quantitative estimate of drug-likeness (QED) is 0.273. The Bertz CT molecular complexity index is 902. The Morgan fingerprint density at radius 1 is 1.31 bits per heavy atom. The predicted molar refractivity (Wildman–Crippen MR) is 107 cm³/mol. The Balaban J connectivity index is 2.16. The van der Waals surface area contributed by atoms with Crippen LogP contribution >= 0.6 is 0 Å². The number of epoxide rings is 1. The molecule has 0 aromatic rings. The topological polar surface area (TPSA) is 138 Å². The van der Waals surface area contributed by atoms with E-state index in [1.165, 1.54) is 6.08 Å². The van der Waals surface area contributed by atoms with Gasteiger partial charge in [-0.1, -0.05) is 19.2 Å². The van der Waals surface area contributed by atoms with Crippen LogP contribution in [0.2, 0.25) is 0 Å². The molecule has 32 heavy (non-hydrogen) atoms. The molecule has 1 N–H and O–H groups in total. The van der Waals surface area contributed by atoms with E-state index in [1.54, 1.807) is 0 Å². The summed E-state index contributed by atoms with van der Waals surface area (Å²) in [7, 11) is 1.16. The van der Waals surface area contributed by atoms with Gasteiger partial charge in [0.15, 0.2) is 12.2 Å². The molecule has 0 bridgehead atoms. The third-order valence-electron chi connectivity index (χ3n) is 5.90. The second-order valence-corrected chi connectivity index (χ2v) is 8.12. The number of aliphatic hydroxyl groups excluding tert-OH is 1. The van der Waals surface area contributed by atoms with Crippen LogP contribution in [0, 0.1) is 5.92 Å². The number of methoxy groups -OCH3 is 1. The second kappa shape index (κ2) is 8.87. The van der Waals surface area contributed by atoms with Gasteiger partial charge in [0, 0.05) is 12.5 Å². The first-order chi connectivity index (χ1) is 15.0. The monoisotopic (exact) mass is 450 g/mol. The molecule has 10 nitrogen and oxygen atoms in total. The molecule has 0 aromatic carbocycles. The van der Waals surface area contributed by atoms with E-state index in [4.69, 9.17) is 23.7 Å². The Morgan fingerprint density at radius 2 is 2.00 bits per heavy atom. The highest BCUT2D eigenvalue weighted by Crippen LogP contribution is 2.50. The molecule has 0 aromatic heterocycles. The summed E-state index contributed by atoms with van der Waals surface area (Å²) in [4.78, 5) is 49.6. The van der Waals surface area contributed by atoms with E-state index in [0.717, 1.165) is 14.0 Å². The maximum absolute atomic E-state index is 12.6. The van der Waals surface area contributed by atoms with Gasteiger partial charge < -0.3 is 28.8 Å². The number of carbonyl (C=O) groups excluding carboxylic acids is 4. The fraction of sp³-hybridized carbons (Fsp3) is 0.545. The van der Waals surface area contributed by atoms with Gasteiger partial charge in [0.2, 0.25) is 0 Å². The van der Waals surface area contributed by atoms with Gasteiger partial charge in [-0.25, -0.2) is 14.4 Å². The second-order valence-electron chi connectivity index (χ2n) is 8.12. The zero-order valence-electron chi connectivity index (χ0n) is 18.1. The lowest BCUT2D eigenvalue weighted by Crippen LogP contribution is -2.48. The van der Waals surface area contributed by atoms with E-state index in [0.29, 0.717) is 12.8 Å². The lowest BCUT2D eigenvalue weighted by Gasteiger charge is -2.33. The molecule has 2 fully saturated rings. The van der Waals surface area contributed by atoms with Crippen LogP contribution in [0.4, 0.5) is 0 Å². The van der Waals surface area contributed by atoms with Crippen LogP contribution < -0.4 is 0 Å². The summed E-state index contributed by atoms with van der Waals surface area (Å²) in [5, 5.41) is 9.28. The van der Waals surface area contributed by atoms with E-state index in [-0.39, 0.29) is 16.7 Å². The first-order valence-corrected chi connectivity index (χ1v) is 10.1. The SMILES string of the molecule is C=C(CO)C(=O)OC1C(OC(C)=O)C(C(=O)OC)=CCCC2(C)OC2C2OC(=O)C(=C)C12. The van der Waals surface area contributed by atoms with E-state index in [2.05, 4.69) is 13.2 Å². The summed E-state index contributed by atoms with van der Waals surface area (Å²) in [6.45, 7) is 9.51. The van der Waals surface area contributed by atoms with Gasteiger partial charge in [-0.15, -0.1) is 0 Å². The summed E-state index contributed by atoms with van der Waals surface area (Å²) in [6, 6.07) is 0. The molecule has 0 saturated carbocycles. The standard InChI is InChI=1S/C22H26O10/c1-10(9-23)19(25)30-16-14-11(2)20(26)31-17(14)18-22(4,32-18)8-6-7-13(21(27)28-5)15(16)29-12(3)24/h7,14-18,23H,1-2,6,8-9H2,3-5H3. The van der Waals surface area contributed by atoms with Gasteiger partial charge in [0.1, 0.15) is 12.2 Å². The minimum atomic E-state index is -1.43. The third-order valence-corrected chi connectivity index (χ3v) is 5.90. The van der Waals surface area contributed by atoms with E-state index >= 15 is 0 Å². The number of fused-ring (bicyclic) bond motifs is 3. The molecule has 2 aliphatic heterocycles. The van der Waals surface area contributed by atoms with Crippen molar-refractivity contribution in [1.29, 1.82) is 0 Å². The van der Waals surface area contributed by atoms with Gasteiger partial charge >= 0.3 is 23.9 Å². The maximum Gasteiger partial charge on any atom is 0.337 e. The zero-order valence-corrected chi connectivity index (χ0v) is 18.1. The third kappa shape index (κ3) is 4.33. The lowest BCUT2D eigenvalue weighted by molar-refractivity contribution is -0.169. The summed E-state index contributed by atoms with van der Waals surface area (Å²) in [5.74, 6) is -4.28. The molecule has 2 heterocycles. The molecule has 0 spiro atoms. The van der Waals surface area contributed by atoms with Gasteiger partial charge in [0.05, 0.1) is 36.4 Å². The summed E-state index contributed by atoms with van der Waals surface area (Å²) >= 11 is 0. The minimum Gasteiger partial charge on any atom is -0.466 e. The van der Waals surface area contributed by atoms with Crippen molar-refractivity contribution in [1.82, 2.24) is 0 Å². The van der Waals surface area contributed by atoms with Gasteiger partial charge in [0.25, 0.3) is 0 Å². The molecule has 174 valence electrons. The smallest absolute Gasteiger partial charge is 0.337 e. The highest BCUT2D eigenvalue weighted by molar-refractivity contribution is 5.93. The number of rotatable bonds is 5. The van der Waals surface area contributed by atoms with Crippen molar-refractivity contribution in [3.63, 3.8) is 0 Å². The van der Waals surface area contributed by atoms with Crippen molar-refractivity contribution in [2.45, 2.75) is 56.7 Å². The molecule has 10 heteroatoms. The molecule has 3 rings (SSSR count). The highest BCUT2D eigenvalue weighted by atomic mass is 16.7. The van der Waals surface area contributed by atoms with Crippen LogP contribution in [0.1, 0.15) is 26.7 Å². The number of hydrogen-bond acceptors (Lipinski definition) is 10. The van der Waals surface area contributed by atoms with Crippen molar-refractivity contribution in [2.24, 2.45) is 5.92 Å². The van der Waals surface area contributed by atoms with Gasteiger partial charge in [-0.05, 0) is 19.8 Å². The van der Waals surface area contributed by atoms with Crippen LogP contribution in [-0.4, -0.2) is 72.7 Å². The van der Waals surface area contributed by atoms with Crippen molar-refractivity contribution in [3.8, 4) is 0 Å². The largest absolute Gasteiger partial charge is 0.466 e. The van der Waals surface area contributed by atoms with Crippen molar-refractivity contribution < 1.29 is 48.0 Å². The average Bonchev–Trinajstić information content (AvgIpc) is 3.33. The molecular weight excluding hydrogens is 424 g/mol. The fourth-order valence-corrected chi connectivity index (χ4v) is 4.14. The van der Waals surface area contributed by atoms with Crippen LogP contribution in [0.15, 0.2) is 36.0 Å². The fourth-order valence-electron chi connectivity index (χ4n) is 4.14. The van der Waals surface area contributed by atoms with E-state index < -0.39 is 66.4 Å². The summed E-state index contributed by atoms with van der Waals surface area (Å²) < 4.78 is 27.2. The van der Waals surface area contributed by atoms with Gasteiger partial charge in [-0.2, -0.15) is 0 Å². The van der Waals surface area contributed by atoms with Crippen molar-refractivity contribution in [3.05, 3.63) is 36.0 Å². The molecule has 1 aliphatic carbocycles. The van der Waals surface area contributed by atoms with Crippen LogP contribution in [-0.2, 0) is 42.9 Å². The number of esters is 4. The summed E-state index contributed by atoms with van der Waals surface area (Å²) in [6.07, 6.45) is -1.87. The minimum absolute atomic E-state index is 0.0257. The van der Waals surface area contributed by atoms with Crippen LogP contribution in [0.3, 0.4) is 0 Å². The Hall–Kier alpha value is -2.98. The number of carbonyl (C=O) groups is 4. The number of aliphatic hydroxyl groups is 1. The van der Waals surface area contributed by atoms with Crippen LogP contribution in [0.25, 0.3) is 0 Å². The lowest BCUT2D eigenvalue weighted by atomic mass is 9.80. The van der Waals surface area contributed by atoms with E-state index in [1.807, 2.05) is 6.92 Å². The maximum atomic E-state index is 12.6. The number of ether oxygens (including phenoxy) is 5. The van der Waals surface area contributed by atoms with Crippen LogP contribution in [0.5, 0.6) is 0 Å². The Labute approximate surface area is 184 Å². The number of hydrogen-bond donors (Lipinski definition) is 1. The Morgan fingerprint density at radius 3 is 2.59 bits per heavy atom. The molecular formula is C22H26O10. The molecule has 2 saturated heterocycles. The molecule has 6 unspecified atom stereocenters. The molecule has 3 aliphatic rings. The molecule has 0 radical (unpaired) electrons. The predicted octanol–water partition coefficient (Wildman–Crippen LogP) is 0.527. The average molecular weight is 450 g/mol. The highest BCUT2D eigenvalue weighted by Gasteiger charge is 2.64. The summed E-state index contributed by atoms with van der Waals surface area (Å²) in [5.41, 5.74) is -0.999. The number of allylic oxidation sites excluding steroid dienone is 1. The first kappa shape index (κ1) is 23.7. The first-order valence-electron chi connectivity index (χ1n) is 10.1. The Kier molecular flexibility index (Phi) is 6.56. The van der Waals surface area contributed by atoms with Crippen molar-refractivity contribution >= 4 is 23.9 Å². The normalized spacial score (nSPS) is 33.6. The van der Waals surface area contributed by atoms with Crippen molar-refractivity contribution in [2.75, 3.05) is 13.7 Å².